The molecule has 1 saturated heterocycles. The highest BCUT2D eigenvalue weighted by Gasteiger charge is 2.22. The Morgan fingerprint density at radius 3 is 2.44 bits per heavy atom. The van der Waals surface area contributed by atoms with Gasteiger partial charge in [-0.1, -0.05) is 30.7 Å². The second-order valence-electron chi connectivity index (χ2n) is 5.99. The summed E-state index contributed by atoms with van der Waals surface area (Å²) in [5, 5.41) is 3.91. The van der Waals surface area contributed by atoms with E-state index in [4.69, 9.17) is 11.6 Å². The summed E-state index contributed by atoms with van der Waals surface area (Å²) in [5.74, 6) is 0.592. The second-order valence-corrected chi connectivity index (χ2v) is 6.43. The minimum absolute atomic E-state index is 0.0486. The number of piperazine rings is 1. The highest BCUT2D eigenvalue weighted by Crippen LogP contribution is 2.12. The first kappa shape index (κ1) is 17.6. The van der Waals surface area contributed by atoms with Gasteiger partial charge < -0.3 is 15.1 Å². The van der Waals surface area contributed by atoms with E-state index < -0.39 is 0 Å². The monoisotopic (exact) mass is 359 g/mol. The van der Waals surface area contributed by atoms with Crippen LogP contribution in [0.2, 0.25) is 5.02 Å². The van der Waals surface area contributed by atoms with Crippen LogP contribution in [-0.2, 0) is 6.54 Å². The van der Waals surface area contributed by atoms with E-state index >= 15 is 0 Å². The van der Waals surface area contributed by atoms with Gasteiger partial charge >= 0.3 is 0 Å². The molecule has 0 spiro atoms. The summed E-state index contributed by atoms with van der Waals surface area (Å²) in [6.07, 6.45) is 3.14. The Morgan fingerprint density at radius 2 is 1.84 bits per heavy atom. The fraction of sp³-hybridized carbons (Fsp3) is 0.389. The van der Waals surface area contributed by atoms with Crippen LogP contribution in [0.5, 0.6) is 0 Å². The van der Waals surface area contributed by atoms with Crippen LogP contribution in [0.25, 0.3) is 0 Å². The molecule has 1 aliphatic heterocycles. The van der Waals surface area contributed by atoms with Gasteiger partial charge in [-0.05, 0) is 24.2 Å². The van der Waals surface area contributed by atoms with Gasteiger partial charge in [0.1, 0.15) is 11.5 Å². The summed E-state index contributed by atoms with van der Waals surface area (Å²) in [6, 6.07) is 7.61. The van der Waals surface area contributed by atoms with E-state index in [1.165, 1.54) is 0 Å². The van der Waals surface area contributed by atoms with Crippen LogP contribution in [0.4, 0.5) is 5.82 Å². The van der Waals surface area contributed by atoms with Crippen molar-refractivity contribution in [3.05, 3.63) is 52.9 Å². The minimum Gasteiger partial charge on any atom is -0.365 e. The molecule has 0 aliphatic carbocycles. The van der Waals surface area contributed by atoms with Crippen LogP contribution in [0, 0.1) is 0 Å². The van der Waals surface area contributed by atoms with Crippen molar-refractivity contribution in [1.29, 1.82) is 0 Å². The zero-order valence-electron chi connectivity index (χ0n) is 14.3. The molecule has 3 rings (SSSR count). The number of amides is 1. The number of nitrogens with zero attached hydrogens (tertiary/aromatic N) is 4. The fourth-order valence-corrected chi connectivity index (χ4v) is 2.88. The van der Waals surface area contributed by atoms with Crippen molar-refractivity contribution in [2.75, 3.05) is 38.0 Å². The quantitative estimate of drug-likeness (QED) is 0.888. The smallest absolute Gasteiger partial charge is 0.274 e. The lowest BCUT2D eigenvalue weighted by Gasteiger charge is -2.33. The number of aromatic nitrogens is 2. The standard InChI is InChI=1S/C18H22ClN5O/c1-2-23-7-9-24(10-8-23)18(25)16-12-22-17(13-20-16)21-11-14-3-5-15(19)6-4-14/h3-6,12-13H,2,7-11H2,1H3,(H,21,22). The van der Waals surface area contributed by atoms with E-state index in [9.17, 15) is 4.79 Å². The van der Waals surface area contributed by atoms with Gasteiger partial charge in [0.25, 0.3) is 5.91 Å². The van der Waals surface area contributed by atoms with Crippen molar-refractivity contribution >= 4 is 23.3 Å². The lowest BCUT2D eigenvalue weighted by Crippen LogP contribution is -2.48. The molecular formula is C18H22ClN5O. The van der Waals surface area contributed by atoms with Gasteiger partial charge in [-0.25, -0.2) is 9.97 Å². The number of benzene rings is 1. The molecule has 7 heteroatoms. The number of nitrogens with one attached hydrogen (secondary N) is 1. The molecule has 0 saturated carbocycles. The number of carbonyl (C=O) groups is 1. The van der Waals surface area contributed by atoms with E-state index in [2.05, 4.69) is 27.1 Å². The fourth-order valence-electron chi connectivity index (χ4n) is 2.75. The Balaban J connectivity index is 1.54. The Kier molecular flexibility index (Phi) is 5.83. The lowest BCUT2D eigenvalue weighted by molar-refractivity contribution is 0.0637. The van der Waals surface area contributed by atoms with Crippen molar-refractivity contribution in [2.24, 2.45) is 0 Å². The van der Waals surface area contributed by atoms with Crippen LogP contribution in [-0.4, -0.2) is 58.4 Å². The van der Waals surface area contributed by atoms with Crippen LogP contribution in [0.15, 0.2) is 36.7 Å². The summed E-state index contributed by atoms with van der Waals surface area (Å²) in [4.78, 5) is 25.2. The van der Waals surface area contributed by atoms with Gasteiger partial charge in [0.05, 0.1) is 12.4 Å². The molecule has 6 nitrogen and oxygen atoms in total. The Bertz CT molecular complexity index is 696. The SMILES string of the molecule is CCN1CCN(C(=O)c2cnc(NCc3ccc(Cl)cc3)cn2)CC1. The average Bonchev–Trinajstić information content (AvgIpc) is 2.67. The van der Waals surface area contributed by atoms with Gasteiger partial charge in [0.2, 0.25) is 0 Å². The van der Waals surface area contributed by atoms with E-state index in [1.54, 1.807) is 12.4 Å². The molecule has 1 amide bonds. The molecule has 132 valence electrons. The van der Waals surface area contributed by atoms with E-state index in [-0.39, 0.29) is 5.91 Å². The van der Waals surface area contributed by atoms with E-state index in [0.717, 1.165) is 38.3 Å². The first-order chi connectivity index (χ1) is 12.2. The normalized spacial score (nSPS) is 15.2. The predicted molar refractivity (Wildman–Crippen MR) is 98.8 cm³/mol. The maximum Gasteiger partial charge on any atom is 0.274 e. The number of halogens is 1. The molecule has 0 radical (unpaired) electrons. The van der Waals surface area contributed by atoms with Crippen molar-refractivity contribution in [3.8, 4) is 0 Å². The number of likely N-dealkylation sites (N-methyl/N-ethyl adjacent to an activating group) is 1. The number of hydrogen-bond donors (Lipinski definition) is 1. The number of hydrogen-bond acceptors (Lipinski definition) is 5. The first-order valence-electron chi connectivity index (χ1n) is 8.47. The third-order valence-electron chi connectivity index (χ3n) is 4.36. The lowest BCUT2D eigenvalue weighted by atomic mass is 10.2. The molecule has 0 atom stereocenters. The van der Waals surface area contributed by atoms with Gasteiger partial charge in [-0.2, -0.15) is 0 Å². The van der Waals surface area contributed by atoms with Crippen molar-refractivity contribution < 1.29 is 4.79 Å². The highest BCUT2D eigenvalue weighted by molar-refractivity contribution is 6.30. The molecule has 1 aliphatic rings. The Morgan fingerprint density at radius 1 is 1.12 bits per heavy atom. The first-order valence-corrected chi connectivity index (χ1v) is 8.85. The Labute approximate surface area is 152 Å². The Hall–Kier alpha value is -2.18. The van der Waals surface area contributed by atoms with E-state index in [1.807, 2.05) is 29.2 Å². The molecule has 1 aromatic carbocycles. The summed E-state index contributed by atoms with van der Waals surface area (Å²) >= 11 is 5.87. The van der Waals surface area contributed by atoms with Gasteiger partial charge in [-0.3, -0.25) is 4.79 Å². The highest BCUT2D eigenvalue weighted by atomic mass is 35.5. The number of carbonyl (C=O) groups excluding carboxylic acids is 1. The summed E-state index contributed by atoms with van der Waals surface area (Å²) in [7, 11) is 0. The predicted octanol–water partition coefficient (Wildman–Crippen LogP) is 2.52. The third kappa shape index (κ3) is 4.67. The third-order valence-corrected chi connectivity index (χ3v) is 4.62. The van der Waals surface area contributed by atoms with Crippen LogP contribution >= 0.6 is 11.6 Å². The molecule has 2 heterocycles. The van der Waals surface area contributed by atoms with Gasteiger partial charge in [0.15, 0.2) is 0 Å². The van der Waals surface area contributed by atoms with Crippen molar-refractivity contribution in [2.45, 2.75) is 13.5 Å². The molecule has 1 aromatic heterocycles. The van der Waals surface area contributed by atoms with Crippen molar-refractivity contribution in [1.82, 2.24) is 19.8 Å². The minimum atomic E-state index is -0.0486. The molecule has 25 heavy (non-hydrogen) atoms. The molecule has 1 fully saturated rings. The zero-order valence-corrected chi connectivity index (χ0v) is 15.0. The topological polar surface area (TPSA) is 61.4 Å². The second kappa shape index (κ2) is 8.27. The van der Waals surface area contributed by atoms with E-state index in [0.29, 0.717) is 23.1 Å². The van der Waals surface area contributed by atoms with Crippen molar-refractivity contribution in [3.63, 3.8) is 0 Å². The molecule has 0 unspecified atom stereocenters. The van der Waals surface area contributed by atoms with Gasteiger partial charge in [0, 0.05) is 37.7 Å². The molecular weight excluding hydrogens is 338 g/mol. The average molecular weight is 360 g/mol. The number of rotatable bonds is 5. The zero-order chi connectivity index (χ0) is 17.6. The maximum absolute atomic E-state index is 12.5. The molecule has 0 bridgehead atoms. The van der Waals surface area contributed by atoms with Crippen LogP contribution < -0.4 is 5.32 Å². The molecule has 2 aromatic rings. The maximum atomic E-state index is 12.5. The summed E-state index contributed by atoms with van der Waals surface area (Å²) in [5.41, 5.74) is 1.49. The summed E-state index contributed by atoms with van der Waals surface area (Å²) < 4.78 is 0. The largest absolute Gasteiger partial charge is 0.365 e. The van der Waals surface area contributed by atoms with Crippen LogP contribution in [0.1, 0.15) is 23.0 Å². The summed E-state index contributed by atoms with van der Waals surface area (Å²) in [6.45, 7) is 7.09. The van der Waals surface area contributed by atoms with Crippen LogP contribution in [0.3, 0.4) is 0 Å². The van der Waals surface area contributed by atoms with Gasteiger partial charge in [-0.15, -0.1) is 0 Å². The molecule has 1 N–H and O–H groups in total. The number of anilines is 1.